The first-order chi connectivity index (χ1) is 10.3. The second-order valence-corrected chi connectivity index (χ2v) is 7.03. The van der Waals surface area contributed by atoms with Crippen molar-refractivity contribution in [3.63, 3.8) is 0 Å². The van der Waals surface area contributed by atoms with E-state index in [0.717, 1.165) is 27.6 Å². The molecule has 2 rings (SSSR count). The maximum Gasteiger partial charge on any atom is 0.408 e. The first-order valence-corrected chi connectivity index (χ1v) is 7.85. The zero-order valence-corrected chi connectivity index (χ0v) is 13.9. The molecule has 0 aliphatic heterocycles. The average Bonchev–Trinajstić information content (AvgIpc) is 2.80. The molecule has 2 aromatic rings. The van der Waals surface area contributed by atoms with E-state index in [-0.39, 0.29) is 5.12 Å². The summed E-state index contributed by atoms with van der Waals surface area (Å²) in [6.45, 7) is 6.98. The summed E-state index contributed by atoms with van der Waals surface area (Å²) < 4.78 is 5.15. The van der Waals surface area contributed by atoms with Crippen molar-refractivity contribution >= 4 is 33.9 Å². The number of alkyl carbamates (subject to hydrolysis) is 1. The van der Waals surface area contributed by atoms with E-state index in [1.54, 1.807) is 33.9 Å². The first-order valence-electron chi connectivity index (χ1n) is 7.03. The fourth-order valence-electron chi connectivity index (χ4n) is 1.87. The smallest absolute Gasteiger partial charge is 0.408 e. The van der Waals surface area contributed by atoms with Crippen LogP contribution < -0.4 is 5.32 Å². The van der Waals surface area contributed by atoms with Crippen LogP contribution in [0.15, 0.2) is 35.4 Å². The number of ether oxygens (including phenoxy) is 1. The molecule has 6 heteroatoms. The summed E-state index contributed by atoms with van der Waals surface area (Å²) in [5, 5.41) is 3.40. The number of para-hydroxylation sites is 1. The lowest BCUT2D eigenvalue weighted by atomic mass is 10.2. The fraction of sp³-hybridized carbons (Fsp3) is 0.375. The molecular formula is C16H20N2O3S. The van der Waals surface area contributed by atoms with Crippen molar-refractivity contribution in [3.8, 4) is 0 Å². The largest absolute Gasteiger partial charge is 0.444 e. The van der Waals surface area contributed by atoms with Crippen molar-refractivity contribution in [2.75, 3.05) is 0 Å². The number of nitrogens with one attached hydrogen (secondary N) is 2. The Kier molecular flexibility index (Phi) is 4.81. The quantitative estimate of drug-likeness (QED) is 0.846. The molecule has 0 unspecified atom stereocenters. The summed E-state index contributed by atoms with van der Waals surface area (Å²) in [6, 6.07) is 7.13. The number of amides is 1. The third kappa shape index (κ3) is 4.27. The molecule has 0 aliphatic carbocycles. The summed E-state index contributed by atoms with van der Waals surface area (Å²) in [5.74, 6) is 0. The minimum atomic E-state index is -0.631. The van der Waals surface area contributed by atoms with Gasteiger partial charge in [-0.2, -0.15) is 0 Å². The molecule has 118 valence electrons. The molecule has 0 radical (unpaired) electrons. The lowest BCUT2D eigenvalue weighted by Gasteiger charge is -2.21. The van der Waals surface area contributed by atoms with E-state index < -0.39 is 17.7 Å². The molecule has 0 fully saturated rings. The predicted molar refractivity (Wildman–Crippen MR) is 88.0 cm³/mol. The van der Waals surface area contributed by atoms with Crippen molar-refractivity contribution in [2.24, 2.45) is 0 Å². The van der Waals surface area contributed by atoms with E-state index in [4.69, 9.17) is 4.74 Å². The molecule has 0 saturated carbocycles. The van der Waals surface area contributed by atoms with Crippen LogP contribution in [0, 0.1) is 0 Å². The third-order valence-corrected chi connectivity index (χ3v) is 3.96. The molecule has 5 nitrogen and oxygen atoms in total. The summed E-state index contributed by atoms with van der Waals surface area (Å²) in [4.78, 5) is 27.9. The number of hydrogen-bond donors (Lipinski definition) is 2. The van der Waals surface area contributed by atoms with Crippen LogP contribution in [0.3, 0.4) is 0 Å². The molecule has 1 heterocycles. The van der Waals surface area contributed by atoms with Gasteiger partial charge in [-0.05, 0) is 45.5 Å². The Morgan fingerprint density at radius 1 is 1.27 bits per heavy atom. The molecule has 1 aromatic carbocycles. The summed E-state index contributed by atoms with van der Waals surface area (Å²) in [6.07, 6.45) is 1.21. The Labute approximate surface area is 133 Å². The maximum absolute atomic E-state index is 12.2. The van der Waals surface area contributed by atoms with Crippen LogP contribution in [0.1, 0.15) is 27.7 Å². The normalized spacial score (nSPS) is 12.9. The SMILES string of the molecule is C[C@H](NC(=O)OC(C)(C)C)C(=O)Sc1c[nH]c2ccccc12. The molecular weight excluding hydrogens is 300 g/mol. The molecule has 0 spiro atoms. The molecule has 1 amide bonds. The highest BCUT2D eigenvalue weighted by Gasteiger charge is 2.22. The average molecular weight is 320 g/mol. The molecule has 1 atom stereocenters. The van der Waals surface area contributed by atoms with E-state index in [2.05, 4.69) is 10.3 Å². The lowest BCUT2D eigenvalue weighted by Crippen LogP contribution is -2.40. The molecule has 1 aromatic heterocycles. The number of carbonyl (C=O) groups excluding carboxylic acids is 2. The minimum absolute atomic E-state index is 0.143. The number of aromatic amines is 1. The summed E-state index contributed by atoms with van der Waals surface area (Å²) >= 11 is 1.11. The van der Waals surface area contributed by atoms with Gasteiger partial charge in [-0.25, -0.2) is 4.79 Å². The number of H-pyrrole nitrogens is 1. The minimum Gasteiger partial charge on any atom is -0.444 e. The van der Waals surface area contributed by atoms with Crippen LogP contribution in [0.4, 0.5) is 4.79 Å². The molecule has 0 bridgehead atoms. The van der Waals surface area contributed by atoms with Crippen LogP contribution in [-0.2, 0) is 9.53 Å². The van der Waals surface area contributed by atoms with Gasteiger partial charge in [0.1, 0.15) is 5.60 Å². The van der Waals surface area contributed by atoms with E-state index in [0.29, 0.717) is 0 Å². The highest BCUT2D eigenvalue weighted by molar-refractivity contribution is 8.14. The van der Waals surface area contributed by atoms with Crippen LogP contribution in [0.5, 0.6) is 0 Å². The second-order valence-electron chi connectivity index (χ2n) is 5.99. The zero-order valence-electron chi connectivity index (χ0n) is 13.1. The fourth-order valence-corrected chi connectivity index (χ4v) is 2.73. The molecule has 22 heavy (non-hydrogen) atoms. The van der Waals surface area contributed by atoms with Gasteiger partial charge in [-0.15, -0.1) is 0 Å². The van der Waals surface area contributed by atoms with Crippen molar-refractivity contribution < 1.29 is 14.3 Å². The Hall–Kier alpha value is -1.95. The van der Waals surface area contributed by atoms with Crippen LogP contribution in [0.2, 0.25) is 0 Å². The highest BCUT2D eigenvalue weighted by atomic mass is 32.2. The van der Waals surface area contributed by atoms with Gasteiger partial charge in [-0.1, -0.05) is 18.2 Å². The van der Waals surface area contributed by atoms with Crippen molar-refractivity contribution in [1.82, 2.24) is 10.3 Å². The number of fused-ring (bicyclic) bond motifs is 1. The maximum atomic E-state index is 12.2. The van der Waals surface area contributed by atoms with Crippen molar-refractivity contribution in [1.29, 1.82) is 0 Å². The standard InChI is InChI=1S/C16H20N2O3S/c1-10(18-15(20)21-16(2,3)4)14(19)22-13-9-17-12-8-6-5-7-11(12)13/h5-10,17H,1-4H3,(H,18,20)/t10-/m0/s1. The van der Waals surface area contributed by atoms with Gasteiger partial charge in [0, 0.05) is 22.0 Å². The molecule has 0 saturated heterocycles. The topological polar surface area (TPSA) is 71.2 Å². The number of aromatic nitrogens is 1. The highest BCUT2D eigenvalue weighted by Crippen LogP contribution is 2.28. The summed E-state index contributed by atoms with van der Waals surface area (Å²) in [7, 11) is 0. The van der Waals surface area contributed by atoms with Crippen LogP contribution in [-0.4, -0.2) is 27.8 Å². The van der Waals surface area contributed by atoms with E-state index in [9.17, 15) is 9.59 Å². The molecule has 2 N–H and O–H groups in total. The summed E-state index contributed by atoms with van der Waals surface area (Å²) in [5.41, 5.74) is 0.391. The zero-order chi connectivity index (χ0) is 16.3. The van der Waals surface area contributed by atoms with Gasteiger partial charge in [-0.3, -0.25) is 4.79 Å². The van der Waals surface area contributed by atoms with Gasteiger partial charge in [0.15, 0.2) is 0 Å². The van der Waals surface area contributed by atoms with Crippen molar-refractivity contribution in [3.05, 3.63) is 30.5 Å². The Balaban J connectivity index is 1.98. The number of carbonyl (C=O) groups is 2. The first kappa shape index (κ1) is 16.4. The second kappa shape index (κ2) is 6.44. The lowest BCUT2D eigenvalue weighted by molar-refractivity contribution is -0.112. The van der Waals surface area contributed by atoms with Crippen LogP contribution in [0.25, 0.3) is 10.9 Å². The Morgan fingerprint density at radius 3 is 2.64 bits per heavy atom. The van der Waals surface area contributed by atoms with Gasteiger partial charge >= 0.3 is 6.09 Å². The number of rotatable bonds is 3. The van der Waals surface area contributed by atoms with Crippen molar-refractivity contribution in [2.45, 2.75) is 44.2 Å². The predicted octanol–water partition coefficient (Wildman–Crippen LogP) is 3.70. The van der Waals surface area contributed by atoms with E-state index in [1.807, 2.05) is 24.3 Å². The van der Waals surface area contributed by atoms with Crippen LogP contribution >= 0.6 is 11.8 Å². The van der Waals surface area contributed by atoms with E-state index >= 15 is 0 Å². The molecule has 0 aliphatic rings. The van der Waals surface area contributed by atoms with Gasteiger partial charge < -0.3 is 15.0 Å². The van der Waals surface area contributed by atoms with Gasteiger partial charge in [0.05, 0.1) is 6.04 Å². The number of benzene rings is 1. The third-order valence-electron chi connectivity index (χ3n) is 2.85. The number of thioether (sulfide) groups is 1. The number of hydrogen-bond acceptors (Lipinski definition) is 4. The van der Waals surface area contributed by atoms with E-state index in [1.165, 1.54) is 0 Å². The Bertz CT molecular complexity index is 688. The Morgan fingerprint density at radius 2 is 1.95 bits per heavy atom. The monoisotopic (exact) mass is 320 g/mol. The van der Waals surface area contributed by atoms with Gasteiger partial charge in [0.2, 0.25) is 5.12 Å². The van der Waals surface area contributed by atoms with Gasteiger partial charge in [0.25, 0.3) is 0 Å².